The van der Waals surface area contributed by atoms with Gasteiger partial charge in [-0.1, -0.05) is 19.9 Å². The van der Waals surface area contributed by atoms with Crippen LogP contribution in [0.4, 0.5) is 0 Å². The first-order valence-electron chi connectivity index (χ1n) is 7.84. The van der Waals surface area contributed by atoms with Crippen LogP contribution in [0.1, 0.15) is 45.1 Å². The molecular formula is C18H27NO2. The van der Waals surface area contributed by atoms with Crippen molar-refractivity contribution < 1.29 is 9.47 Å². The number of terminal acetylenes is 1. The van der Waals surface area contributed by atoms with Gasteiger partial charge in [0.2, 0.25) is 0 Å². The molecule has 3 nitrogen and oxygen atoms in total. The van der Waals surface area contributed by atoms with Crippen LogP contribution in [0.2, 0.25) is 0 Å². The molecule has 21 heavy (non-hydrogen) atoms. The van der Waals surface area contributed by atoms with Crippen LogP contribution >= 0.6 is 0 Å². The zero-order valence-corrected chi connectivity index (χ0v) is 13.3. The smallest absolute Gasteiger partial charge is 0.127 e. The summed E-state index contributed by atoms with van der Waals surface area (Å²) in [6, 6.07) is 6.06. The molecule has 0 atom stereocenters. The molecule has 0 saturated carbocycles. The van der Waals surface area contributed by atoms with E-state index in [9.17, 15) is 0 Å². The average Bonchev–Trinajstić information content (AvgIpc) is 2.51. The van der Waals surface area contributed by atoms with E-state index >= 15 is 0 Å². The highest BCUT2D eigenvalue weighted by molar-refractivity contribution is 5.40. The lowest BCUT2D eigenvalue weighted by molar-refractivity contribution is 0.296. The maximum absolute atomic E-state index is 5.87. The average molecular weight is 289 g/mol. The van der Waals surface area contributed by atoms with Crippen LogP contribution in [0.5, 0.6) is 11.5 Å². The topological polar surface area (TPSA) is 30.5 Å². The third-order valence-corrected chi connectivity index (χ3v) is 2.98. The molecule has 0 amide bonds. The van der Waals surface area contributed by atoms with Crippen LogP contribution in [-0.4, -0.2) is 19.8 Å². The molecule has 0 aromatic heterocycles. The zero-order valence-electron chi connectivity index (χ0n) is 13.3. The number of benzene rings is 1. The highest BCUT2D eigenvalue weighted by Crippen LogP contribution is 2.25. The van der Waals surface area contributed by atoms with Gasteiger partial charge in [0.15, 0.2) is 0 Å². The maximum Gasteiger partial charge on any atom is 0.127 e. The van der Waals surface area contributed by atoms with Gasteiger partial charge in [-0.2, -0.15) is 0 Å². The van der Waals surface area contributed by atoms with E-state index in [2.05, 4.69) is 31.2 Å². The minimum absolute atomic E-state index is 0.641. The van der Waals surface area contributed by atoms with Crippen molar-refractivity contribution >= 4 is 0 Å². The number of nitrogens with one attached hydrogen (secondary N) is 1. The Kier molecular flexibility index (Phi) is 9.15. The Morgan fingerprint density at radius 2 is 2.00 bits per heavy atom. The second-order valence-corrected chi connectivity index (χ2v) is 4.95. The third-order valence-electron chi connectivity index (χ3n) is 2.98. The number of unbranched alkanes of at least 4 members (excludes halogenated alkanes) is 1. The monoisotopic (exact) mass is 289 g/mol. The summed E-state index contributed by atoms with van der Waals surface area (Å²) >= 11 is 0. The van der Waals surface area contributed by atoms with Gasteiger partial charge in [-0.25, -0.2) is 0 Å². The quantitative estimate of drug-likeness (QED) is 0.497. The molecule has 0 spiro atoms. The number of rotatable bonds is 11. The SMILES string of the molecule is C#CCCCOc1cc(OCCC)ccc1CNCCC. The van der Waals surface area contributed by atoms with Crippen molar-refractivity contribution in [1.29, 1.82) is 0 Å². The lowest BCUT2D eigenvalue weighted by Crippen LogP contribution is -2.15. The van der Waals surface area contributed by atoms with Gasteiger partial charge < -0.3 is 14.8 Å². The summed E-state index contributed by atoms with van der Waals surface area (Å²) in [6.45, 7) is 7.44. The highest BCUT2D eigenvalue weighted by Gasteiger charge is 2.06. The third kappa shape index (κ3) is 7.06. The molecule has 0 aliphatic rings. The Morgan fingerprint density at radius 3 is 2.71 bits per heavy atom. The maximum atomic E-state index is 5.87. The Hall–Kier alpha value is -1.66. The van der Waals surface area contributed by atoms with Gasteiger partial charge in [0.25, 0.3) is 0 Å². The Labute approximate surface area is 129 Å². The van der Waals surface area contributed by atoms with Crippen LogP contribution < -0.4 is 14.8 Å². The Morgan fingerprint density at radius 1 is 1.14 bits per heavy atom. The molecule has 0 heterocycles. The minimum Gasteiger partial charge on any atom is -0.493 e. The molecule has 1 N–H and O–H groups in total. The van der Waals surface area contributed by atoms with E-state index in [0.29, 0.717) is 6.61 Å². The second kappa shape index (κ2) is 11.0. The van der Waals surface area contributed by atoms with Gasteiger partial charge in [-0.3, -0.25) is 0 Å². The van der Waals surface area contributed by atoms with Gasteiger partial charge >= 0.3 is 0 Å². The van der Waals surface area contributed by atoms with E-state index in [0.717, 1.165) is 62.4 Å². The molecule has 0 aliphatic heterocycles. The molecule has 1 rings (SSSR count). The van der Waals surface area contributed by atoms with E-state index < -0.39 is 0 Å². The first-order valence-corrected chi connectivity index (χ1v) is 7.84. The summed E-state index contributed by atoms with van der Waals surface area (Å²) in [7, 11) is 0. The largest absolute Gasteiger partial charge is 0.493 e. The molecule has 1 aromatic carbocycles. The lowest BCUT2D eigenvalue weighted by atomic mass is 10.2. The van der Waals surface area contributed by atoms with Crippen molar-refractivity contribution in [2.45, 2.75) is 46.1 Å². The summed E-state index contributed by atoms with van der Waals surface area (Å²) in [5.74, 6) is 4.39. The number of hydrogen-bond acceptors (Lipinski definition) is 3. The Bertz CT molecular complexity index is 437. The van der Waals surface area contributed by atoms with Crippen LogP contribution in [0.3, 0.4) is 0 Å². The second-order valence-electron chi connectivity index (χ2n) is 4.95. The highest BCUT2D eigenvalue weighted by atomic mass is 16.5. The van der Waals surface area contributed by atoms with E-state index in [1.165, 1.54) is 0 Å². The molecule has 0 saturated heterocycles. The van der Waals surface area contributed by atoms with Gasteiger partial charge in [-0.15, -0.1) is 12.3 Å². The number of ether oxygens (including phenoxy) is 2. The molecular weight excluding hydrogens is 262 g/mol. The summed E-state index contributed by atoms with van der Waals surface area (Å²) < 4.78 is 11.5. The van der Waals surface area contributed by atoms with Gasteiger partial charge in [0.05, 0.1) is 13.2 Å². The van der Waals surface area contributed by atoms with E-state index in [1.54, 1.807) is 0 Å². The summed E-state index contributed by atoms with van der Waals surface area (Å²) in [6.07, 6.45) is 9.00. The first kappa shape index (κ1) is 17.4. The lowest BCUT2D eigenvalue weighted by Gasteiger charge is -2.14. The van der Waals surface area contributed by atoms with Gasteiger partial charge in [-0.05, 0) is 31.9 Å². The molecule has 3 heteroatoms. The van der Waals surface area contributed by atoms with Crippen molar-refractivity contribution in [3.05, 3.63) is 23.8 Å². The predicted molar refractivity (Wildman–Crippen MR) is 87.8 cm³/mol. The molecule has 0 aliphatic carbocycles. The summed E-state index contributed by atoms with van der Waals surface area (Å²) in [5.41, 5.74) is 1.16. The molecule has 0 fully saturated rings. The van der Waals surface area contributed by atoms with Crippen molar-refractivity contribution in [2.24, 2.45) is 0 Å². The van der Waals surface area contributed by atoms with Crippen molar-refractivity contribution in [3.8, 4) is 23.8 Å². The summed E-state index contributed by atoms with van der Waals surface area (Å²) in [4.78, 5) is 0. The number of hydrogen-bond donors (Lipinski definition) is 1. The van der Waals surface area contributed by atoms with Crippen molar-refractivity contribution in [3.63, 3.8) is 0 Å². The van der Waals surface area contributed by atoms with Gasteiger partial charge in [0, 0.05) is 24.6 Å². The molecule has 0 radical (unpaired) electrons. The van der Waals surface area contributed by atoms with Crippen LogP contribution in [0.15, 0.2) is 18.2 Å². The van der Waals surface area contributed by atoms with Crippen LogP contribution in [0, 0.1) is 12.3 Å². The standard InChI is InChI=1S/C18H27NO2/c1-4-7-8-13-21-18-14-17(20-12-6-3)10-9-16(18)15-19-11-5-2/h1,9-10,14,19H,5-8,11-13,15H2,2-3H3. The van der Waals surface area contributed by atoms with Gasteiger partial charge in [0.1, 0.15) is 11.5 Å². The van der Waals surface area contributed by atoms with Crippen LogP contribution in [-0.2, 0) is 6.54 Å². The van der Waals surface area contributed by atoms with E-state index in [-0.39, 0.29) is 0 Å². The molecule has 116 valence electrons. The molecule has 0 unspecified atom stereocenters. The fourth-order valence-electron chi connectivity index (χ4n) is 1.88. The molecule has 1 aromatic rings. The fourth-order valence-corrected chi connectivity index (χ4v) is 1.88. The van der Waals surface area contributed by atoms with E-state index in [4.69, 9.17) is 15.9 Å². The zero-order chi connectivity index (χ0) is 15.3. The van der Waals surface area contributed by atoms with Crippen molar-refractivity contribution in [2.75, 3.05) is 19.8 Å². The normalized spacial score (nSPS) is 10.1. The predicted octanol–water partition coefficient (Wildman–Crippen LogP) is 3.77. The van der Waals surface area contributed by atoms with E-state index in [1.807, 2.05) is 12.1 Å². The van der Waals surface area contributed by atoms with Crippen LogP contribution in [0.25, 0.3) is 0 Å². The Balaban J connectivity index is 2.67. The minimum atomic E-state index is 0.641. The fraction of sp³-hybridized carbons (Fsp3) is 0.556. The van der Waals surface area contributed by atoms with Crippen molar-refractivity contribution in [1.82, 2.24) is 5.32 Å². The first-order chi connectivity index (χ1) is 10.3. The molecule has 0 bridgehead atoms. The summed E-state index contributed by atoms with van der Waals surface area (Å²) in [5, 5.41) is 3.40.